The van der Waals surface area contributed by atoms with Gasteiger partial charge in [-0.25, -0.2) is 9.80 Å². The van der Waals surface area contributed by atoms with Gasteiger partial charge in [0.05, 0.1) is 18.1 Å². The van der Waals surface area contributed by atoms with Crippen molar-refractivity contribution in [1.29, 1.82) is 0 Å². The van der Waals surface area contributed by atoms with Gasteiger partial charge in [-0.2, -0.15) is 0 Å². The number of ether oxygens (including phenoxy) is 3. The number of nitrogens with one attached hydrogen (secondary N) is 4. The molecule has 55 heavy (non-hydrogen) atoms. The van der Waals surface area contributed by atoms with E-state index in [0.717, 1.165) is 27.6 Å². The lowest BCUT2D eigenvalue weighted by molar-refractivity contribution is -0.170. The third-order valence-electron chi connectivity index (χ3n) is 8.59. The number of carbonyl (C=O) groups is 3. The highest BCUT2D eigenvalue weighted by Crippen LogP contribution is 2.31. The number of hydrogen-bond acceptors (Lipinski definition) is 8. The molecule has 0 aliphatic heterocycles. The summed E-state index contributed by atoms with van der Waals surface area (Å²) in [6.07, 6.45) is 2.84. The van der Waals surface area contributed by atoms with Crippen LogP contribution < -0.4 is 26.1 Å². The maximum Gasteiger partial charge on any atom is 0.329 e. The molecule has 4 aromatic rings. The van der Waals surface area contributed by atoms with Gasteiger partial charge in [0.15, 0.2) is 6.29 Å². The summed E-state index contributed by atoms with van der Waals surface area (Å²) in [5.41, 5.74) is 5.60. The van der Waals surface area contributed by atoms with Crippen LogP contribution in [0.5, 0.6) is 5.75 Å². The maximum atomic E-state index is 14.5. The van der Waals surface area contributed by atoms with E-state index in [1.165, 1.54) is 5.01 Å². The molecule has 0 aliphatic rings. The first kappa shape index (κ1) is 42.4. The van der Waals surface area contributed by atoms with Crippen LogP contribution in [0.3, 0.4) is 0 Å². The van der Waals surface area contributed by atoms with Gasteiger partial charge >= 0.3 is 6.03 Å². The van der Waals surface area contributed by atoms with E-state index in [0.29, 0.717) is 25.5 Å². The average Bonchev–Trinajstić information content (AvgIpc) is 3.16. The third-order valence-corrected chi connectivity index (χ3v) is 8.59. The predicted octanol–water partition coefficient (Wildman–Crippen LogP) is 6.23. The van der Waals surface area contributed by atoms with Crippen molar-refractivity contribution in [1.82, 2.24) is 31.4 Å². The molecule has 3 aromatic carbocycles. The van der Waals surface area contributed by atoms with Crippen molar-refractivity contribution in [2.24, 2.45) is 5.92 Å². The quantitative estimate of drug-likeness (QED) is 0.0473. The number of aromatic nitrogens is 1. The summed E-state index contributed by atoms with van der Waals surface area (Å²) in [5.74, 6) is -0.559. The van der Waals surface area contributed by atoms with Crippen LogP contribution in [0.2, 0.25) is 0 Å². The van der Waals surface area contributed by atoms with E-state index in [1.807, 2.05) is 126 Å². The van der Waals surface area contributed by atoms with Crippen LogP contribution in [-0.4, -0.2) is 72.1 Å². The normalized spacial score (nSPS) is 13.2. The van der Waals surface area contributed by atoms with Crippen molar-refractivity contribution in [3.05, 3.63) is 120 Å². The van der Waals surface area contributed by atoms with Crippen LogP contribution in [0.15, 0.2) is 104 Å². The van der Waals surface area contributed by atoms with Crippen molar-refractivity contribution >= 4 is 28.7 Å². The van der Waals surface area contributed by atoms with Gasteiger partial charge in [0.2, 0.25) is 11.8 Å². The van der Waals surface area contributed by atoms with Gasteiger partial charge in [-0.3, -0.25) is 20.0 Å². The first-order valence-corrected chi connectivity index (χ1v) is 18.8. The monoisotopic (exact) mass is 752 g/mol. The summed E-state index contributed by atoms with van der Waals surface area (Å²) in [4.78, 5) is 45.8. The number of hydrogen-bond donors (Lipinski definition) is 4. The molecule has 12 heteroatoms. The SMILES string of the molecule is C=CCN(CC(=O)NC(Cc1ccc(OC(C)(C)C)cc1)C(=O)N[C@H](c1cccc2cccnc12)[C@H](C)C(OCC)OCC)NC(=O)NCc1ccccc1. The highest BCUT2D eigenvalue weighted by Gasteiger charge is 2.33. The van der Waals surface area contributed by atoms with Gasteiger partial charge in [-0.1, -0.05) is 79.7 Å². The van der Waals surface area contributed by atoms with E-state index in [-0.39, 0.29) is 31.0 Å². The number of amides is 4. The predicted molar refractivity (Wildman–Crippen MR) is 215 cm³/mol. The second-order valence-electron chi connectivity index (χ2n) is 14.2. The Hall–Kier alpha value is -5.30. The van der Waals surface area contributed by atoms with E-state index in [2.05, 4.69) is 32.9 Å². The van der Waals surface area contributed by atoms with E-state index in [1.54, 1.807) is 12.3 Å². The minimum absolute atomic E-state index is 0.176. The first-order chi connectivity index (χ1) is 26.4. The number of pyridine rings is 1. The molecule has 4 rings (SSSR count). The molecule has 0 fully saturated rings. The van der Waals surface area contributed by atoms with Gasteiger partial charge in [0, 0.05) is 55.8 Å². The van der Waals surface area contributed by atoms with Crippen LogP contribution in [0.4, 0.5) is 4.79 Å². The van der Waals surface area contributed by atoms with E-state index >= 15 is 0 Å². The van der Waals surface area contributed by atoms with Crippen molar-refractivity contribution in [3.8, 4) is 5.75 Å². The summed E-state index contributed by atoms with van der Waals surface area (Å²) in [6, 6.07) is 24.5. The van der Waals surface area contributed by atoms with Crippen LogP contribution in [0, 0.1) is 5.92 Å². The summed E-state index contributed by atoms with van der Waals surface area (Å²) in [7, 11) is 0. The molecule has 4 N–H and O–H groups in total. The second-order valence-corrected chi connectivity index (χ2v) is 14.2. The summed E-state index contributed by atoms with van der Waals surface area (Å²) in [6.45, 7) is 16.5. The van der Waals surface area contributed by atoms with Crippen molar-refractivity contribution in [2.45, 2.75) is 78.5 Å². The van der Waals surface area contributed by atoms with Gasteiger partial charge in [0.1, 0.15) is 17.4 Å². The minimum Gasteiger partial charge on any atom is -0.488 e. The Morgan fingerprint density at radius 3 is 2.22 bits per heavy atom. The lowest BCUT2D eigenvalue weighted by atomic mass is 9.91. The maximum absolute atomic E-state index is 14.5. The standard InChI is InChI=1S/C43H56N6O6/c1-8-26-49(48-42(52)45-28-32-16-12-11-13-17-32)29-37(50)46-36(27-31-21-23-34(24-22-31)55-43(5,6)7)40(51)47-38(30(4)41(53-9-2)54-10-3)35-20-14-18-33-19-15-25-44-39(33)35/h8,11-25,30,36,38,41H,1,9-10,26-29H2,2-7H3,(H,46,50)(H,47,51)(H2,45,48,52)/t30-,36?,38-/m0/s1. The molecule has 12 nitrogen and oxygen atoms in total. The number of benzene rings is 3. The first-order valence-electron chi connectivity index (χ1n) is 18.8. The van der Waals surface area contributed by atoms with Crippen LogP contribution in [-0.2, 0) is 32.0 Å². The van der Waals surface area contributed by atoms with E-state index in [9.17, 15) is 14.4 Å². The minimum atomic E-state index is -1.00. The van der Waals surface area contributed by atoms with Gasteiger partial charge in [-0.05, 0) is 63.9 Å². The van der Waals surface area contributed by atoms with Gasteiger partial charge < -0.3 is 30.2 Å². The molecule has 294 valence electrons. The Labute approximate surface area is 325 Å². The molecule has 1 aromatic heterocycles. The molecule has 3 atom stereocenters. The Morgan fingerprint density at radius 1 is 0.873 bits per heavy atom. The number of carbonyl (C=O) groups excluding carboxylic acids is 3. The molecule has 1 unspecified atom stereocenters. The van der Waals surface area contributed by atoms with Crippen molar-refractivity contribution < 1.29 is 28.6 Å². The molecule has 0 bridgehead atoms. The second kappa shape index (κ2) is 21.0. The smallest absolute Gasteiger partial charge is 0.329 e. The fourth-order valence-corrected chi connectivity index (χ4v) is 6.13. The van der Waals surface area contributed by atoms with Crippen LogP contribution in [0.25, 0.3) is 10.9 Å². The molecular formula is C43H56N6O6. The number of nitrogens with zero attached hydrogens (tertiary/aromatic N) is 2. The molecule has 1 heterocycles. The third kappa shape index (κ3) is 13.5. The summed E-state index contributed by atoms with van der Waals surface area (Å²) < 4.78 is 18.0. The molecule has 0 radical (unpaired) electrons. The lowest BCUT2D eigenvalue weighted by Gasteiger charge is -2.33. The molecule has 0 saturated carbocycles. The molecule has 0 spiro atoms. The number of rotatable bonds is 20. The van der Waals surface area contributed by atoms with Crippen LogP contribution >= 0.6 is 0 Å². The summed E-state index contributed by atoms with van der Waals surface area (Å²) >= 11 is 0. The number of hydrazine groups is 1. The molecular weight excluding hydrogens is 697 g/mol. The highest BCUT2D eigenvalue weighted by molar-refractivity contribution is 5.90. The molecule has 4 amide bonds. The summed E-state index contributed by atoms with van der Waals surface area (Å²) in [5, 5.41) is 11.3. The zero-order valence-corrected chi connectivity index (χ0v) is 32.8. The lowest BCUT2D eigenvalue weighted by Crippen LogP contribution is -2.55. The average molecular weight is 753 g/mol. The number of fused-ring (bicyclic) bond motifs is 1. The van der Waals surface area contributed by atoms with Gasteiger partial charge in [0.25, 0.3) is 0 Å². The Balaban J connectivity index is 1.61. The van der Waals surface area contributed by atoms with Crippen molar-refractivity contribution in [2.75, 3.05) is 26.3 Å². The zero-order valence-electron chi connectivity index (χ0n) is 32.8. The number of para-hydroxylation sites is 1. The largest absolute Gasteiger partial charge is 0.488 e. The zero-order chi connectivity index (χ0) is 39.8. The Morgan fingerprint density at radius 2 is 1.56 bits per heavy atom. The fourth-order valence-electron chi connectivity index (χ4n) is 6.13. The van der Waals surface area contributed by atoms with Crippen molar-refractivity contribution in [3.63, 3.8) is 0 Å². The topological polar surface area (TPSA) is 143 Å². The Bertz CT molecular complexity index is 1820. The van der Waals surface area contributed by atoms with E-state index < -0.39 is 36.2 Å². The number of urea groups is 1. The highest BCUT2D eigenvalue weighted by atomic mass is 16.7. The van der Waals surface area contributed by atoms with Gasteiger partial charge in [-0.15, -0.1) is 6.58 Å². The fraction of sp³-hybridized carbons (Fsp3) is 0.395. The van der Waals surface area contributed by atoms with Crippen LogP contribution in [0.1, 0.15) is 64.3 Å². The molecule has 0 saturated heterocycles. The Kier molecular flexibility index (Phi) is 16.2. The van der Waals surface area contributed by atoms with E-state index in [4.69, 9.17) is 14.2 Å². The molecule has 0 aliphatic carbocycles.